The number of nitrogens with zero attached hydrogens (tertiary/aromatic N) is 2. The first kappa shape index (κ1) is 8.04. The summed E-state index contributed by atoms with van der Waals surface area (Å²) in [6.45, 7) is 4.00. The summed E-state index contributed by atoms with van der Waals surface area (Å²) >= 11 is 0. The van der Waals surface area contributed by atoms with Gasteiger partial charge in [0, 0.05) is 13.0 Å². The van der Waals surface area contributed by atoms with Gasteiger partial charge in [-0.15, -0.1) is 5.10 Å². The lowest BCUT2D eigenvalue weighted by atomic mass is 10.1. The molecule has 1 heterocycles. The Morgan fingerprint density at radius 3 is 2.73 bits per heavy atom. The molecule has 4 nitrogen and oxygen atoms in total. The molecule has 0 saturated heterocycles. The van der Waals surface area contributed by atoms with Crippen LogP contribution in [0.1, 0.15) is 32.1 Å². The number of hydrogen-bond donors (Lipinski definition) is 0. The van der Waals surface area contributed by atoms with Crippen molar-refractivity contribution < 1.29 is 4.42 Å². The van der Waals surface area contributed by atoms with Crippen molar-refractivity contribution in [2.45, 2.75) is 26.2 Å². The van der Waals surface area contributed by atoms with E-state index in [1.54, 1.807) is 7.05 Å². The van der Waals surface area contributed by atoms with Gasteiger partial charge in [-0.3, -0.25) is 0 Å². The summed E-state index contributed by atoms with van der Waals surface area (Å²) in [5.74, 6) is 0.365. The van der Waals surface area contributed by atoms with Crippen LogP contribution in [0.5, 0.6) is 0 Å². The van der Waals surface area contributed by atoms with Gasteiger partial charge in [0.15, 0.2) is 0 Å². The molecular weight excluding hydrogens is 144 g/mol. The average Bonchev–Trinajstić information content (AvgIpc) is 2.31. The fourth-order valence-electron chi connectivity index (χ4n) is 0.738. The minimum absolute atomic E-state index is 0.226. The molecule has 0 aliphatic heterocycles. The smallest absolute Gasteiger partial charge is 0.392 e. The fraction of sp³-hybridized carbons (Fsp3) is 0.714. The zero-order chi connectivity index (χ0) is 8.43. The third-order valence-corrected chi connectivity index (χ3v) is 1.74. The Kier molecular flexibility index (Phi) is 2.12. The number of aromatic nitrogens is 2. The van der Waals surface area contributed by atoms with Gasteiger partial charge in [-0.2, -0.15) is 4.68 Å². The highest BCUT2D eigenvalue weighted by Crippen LogP contribution is 2.13. The first-order valence-corrected chi connectivity index (χ1v) is 3.69. The second-order valence-electron chi connectivity index (χ2n) is 2.64. The molecule has 1 atom stereocenters. The minimum Gasteiger partial charge on any atom is -0.392 e. The molecule has 0 saturated carbocycles. The van der Waals surface area contributed by atoms with Crippen LogP contribution in [0.2, 0.25) is 0 Å². The lowest BCUT2D eigenvalue weighted by Crippen LogP contribution is -2.09. The standard InChI is InChI=1S/C7H12N2O2/c1-4-5(2)6-8-9(3)7(10)11-6/h5H,4H2,1-3H3. The van der Waals surface area contributed by atoms with Crippen LogP contribution in [0.15, 0.2) is 9.21 Å². The molecule has 1 aromatic heterocycles. The Bertz CT molecular complexity index is 287. The monoisotopic (exact) mass is 156 g/mol. The van der Waals surface area contributed by atoms with Crippen LogP contribution in [0, 0.1) is 0 Å². The van der Waals surface area contributed by atoms with E-state index in [0.29, 0.717) is 5.89 Å². The van der Waals surface area contributed by atoms with E-state index < -0.39 is 0 Å². The van der Waals surface area contributed by atoms with E-state index in [9.17, 15) is 4.79 Å². The first-order valence-electron chi connectivity index (χ1n) is 3.69. The van der Waals surface area contributed by atoms with Crippen molar-refractivity contribution in [2.24, 2.45) is 7.05 Å². The van der Waals surface area contributed by atoms with Gasteiger partial charge in [0.25, 0.3) is 0 Å². The molecule has 62 valence electrons. The molecule has 0 radical (unpaired) electrons. The Balaban J connectivity index is 2.97. The van der Waals surface area contributed by atoms with E-state index in [1.807, 2.05) is 13.8 Å². The van der Waals surface area contributed by atoms with Gasteiger partial charge in [-0.1, -0.05) is 13.8 Å². The third kappa shape index (κ3) is 1.50. The van der Waals surface area contributed by atoms with Crippen molar-refractivity contribution in [2.75, 3.05) is 0 Å². The summed E-state index contributed by atoms with van der Waals surface area (Å²) in [7, 11) is 1.58. The van der Waals surface area contributed by atoms with Crippen molar-refractivity contribution in [3.63, 3.8) is 0 Å². The molecule has 0 bridgehead atoms. The predicted molar refractivity (Wildman–Crippen MR) is 40.5 cm³/mol. The Hall–Kier alpha value is -1.06. The van der Waals surface area contributed by atoms with Crippen molar-refractivity contribution in [1.82, 2.24) is 9.78 Å². The first-order chi connectivity index (χ1) is 5.15. The van der Waals surface area contributed by atoms with Gasteiger partial charge in [-0.05, 0) is 6.42 Å². The van der Waals surface area contributed by atoms with Crippen molar-refractivity contribution in [3.8, 4) is 0 Å². The van der Waals surface area contributed by atoms with Gasteiger partial charge >= 0.3 is 5.76 Å². The van der Waals surface area contributed by atoms with E-state index >= 15 is 0 Å². The zero-order valence-corrected chi connectivity index (χ0v) is 7.00. The largest absolute Gasteiger partial charge is 0.436 e. The van der Waals surface area contributed by atoms with Crippen LogP contribution in [-0.4, -0.2) is 9.78 Å². The molecule has 0 spiro atoms. The molecule has 0 aromatic carbocycles. The van der Waals surface area contributed by atoms with Crippen LogP contribution in [0.25, 0.3) is 0 Å². The lowest BCUT2D eigenvalue weighted by molar-refractivity contribution is 0.424. The molecule has 0 aliphatic carbocycles. The Morgan fingerprint density at radius 1 is 1.73 bits per heavy atom. The summed E-state index contributed by atoms with van der Waals surface area (Å²) in [6, 6.07) is 0. The van der Waals surface area contributed by atoms with Crippen LogP contribution >= 0.6 is 0 Å². The maximum Gasteiger partial charge on any atom is 0.436 e. The summed E-state index contributed by atoms with van der Waals surface area (Å²) in [5.41, 5.74) is 0. The summed E-state index contributed by atoms with van der Waals surface area (Å²) < 4.78 is 6.07. The van der Waals surface area contributed by atoms with E-state index in [4.69, 9.17) is 4.42 Å². The van der Waals surface area contributed by atoms with Crippen molar-refractivity contribution >= 4 is 0 Å². The van der Waals surface area contributed by atoms with E-state index in [2.05, 4.69) is 5.10 Å². The van der Waals surface area contributed by atoms with Crippen LogP contribution in [0.3, 0.4) is 0 Å². The van der Waals surface area contributed by atoms with Crippen molar-refractivity contribution in [3.05, 3.63) is 16.4 Å². The Labute approximate surface area is 64.8 Å². The van der Waals surface area contributed by atoms with Gasteiger partial charge in [0.1, 0.15) is 0 Å². The Morgan fingerprint density at radius 2 is 2.36 bits per heavy atom. The zero-order valence-electron chi connectivity index (χ0n) is 7.00. The lowest BCUT2D eigenvalue weighted by Gasteiger charge is -1.98. The molecule has 0 fully saturated rings. The van der Waals surface area contributed by atoms with Crippen molar-refractivity contribution in [1.29, 1.82) is 0 Å². The third-order valence-electron chi connectivity index (χ3n) is 1.74. The van der Waals surface area contributed by atoms with Crippen LogP contribution in [-0.2, 0) is 7.05 Å². The molecule has 0 N–H and O–H groups in total. The number of aryl methyl sites for hydroxylation is 1. The van der Waals surface area contributed by atoms with E-state index in [1.165, 1.54) is 4.68 Å². The fourth-order valence-corrected chi connectivity index (χ4v) is 0.738. The maximum atomic E-state index is 10.8. The predicted octanol–water partition coefficient (Wildman–Crippen LogP) is 0.887. The molecular formula is C7H12N2O2. The summed E-state index contributed by atoms with van der Waals surface area (Å²) in [4.78, 5) is 10.8. The topological polar surface area (TPSA) is 48.0 Å². The molecule has 1 unspecified atom stereocenters. The molecule has 11 heavy (non-hydrogen) atoms. The normalized spacial score (nSPS) is 13.4. The highest BCUT2D eigenvalue weighted by atomic mass is 16.4. The molecule has 0 amide bonds. The number of rotatable bonds is 2. The highest BCUT2D eigenvalue weighted by Gasteiger charge is 2.10. The quantitative estimate of drug-likeness (QED) is 0.638. The van der Waals surface area contributed by atoms with Gasteiger partial charge in [-0.25, -0.2) is 4.79 Å². The van der Waals surface area contributed by atoms with Crippen LogP contribution < -0.4 is 5.76 Å². The van der Waals surface area contributed by atoms with Gasteiger partial charge < -0.3 is 4.42 Å². The SMILES string of the molecule is CCC(C)c1nn(C)c(=O)o1. The summed E-state index contributed by atoms with van der Waals surface area (Å²) in [5, 5.41) is 3.92. The molecule has 1 rings (SSSR count). The molecule has 4 heteroatoms. The summed E-state index contributed by atoms with van der Waals surface area (Å²) in [6.07, 6.45) is 0.931. The number of hydrogen-bond acceptors (Lipinski definition) is 3. The second-order valence-corrected chi connectivity index (χ2v) is 2.64. The van der Waals surface area contributed by atoms with Crippen LogP contribution in [0.4, 0.5) is 0 Å². The van der Waals surface area contributed by atoms with Gasteiger partial charge in [0.2, 0.25) is 5.89 Å². The van der Waals surface area contributed by atoms with E-state index in [-0.39, 0.29) is 11.7 Å². The van der Waals surface area contributed by atoms with Gasteiger partial charge in [0.05, 0.1) is 0 Å². The average molecular weight is 156 g/mol. The maximum absolute atomic E-state index is 10.8. The minimum atomic E-state index is -0.389. The second kappa shape index (κ2) is 2.90. The highest BCUT2D eigenvalue weighted by molar-refractivity contribution is 4.84. The molecule has 0 aliphatic rings. The molecule has 1 aromatic rings. The van der Waals surface area contributed by atoms with E-state index in [0.717, 1.165) is 6.42 Å².